The van der Waals surface area contributed by atoms with Gasteiger partial charge in [0, 0.05) is 49.2 Å². The van der Waals surface area contributed by atoms with Crippen molar-refractivity contribution in [1.82, 2.24) is 19.9 Å². The zero-order valence-electron chi connectivity index (χ0n) is 43.0. The molecule has 0 aliphatic carbocycles. The summed E-state index contributed by atoms with van der Waals surface area (Å²) in [6.07, 6.45) is 1.72. The van der Waals surface area contributed by atoms with Crippen LogP contribution in [0.15, 0.2) is 60.7 Å². The van der Waals surface area contributed by atoms with E-state index in [-0.39, 0.29) is 129 Å². The number of aliphatic hydroxyl groups is 4. The van der Waals surface area contributed by atoms with Crippen molar-refractivity contribution in [3.05, 3.63) is 94.8 Å². The SMILES string of the molecule is CC(C)c1nc(N(C)S(C)(=O)=O)nc(-c2ccc(F)cc2)c1C=C[C@@H](O)C[C@@H](O)CC(=O)O.CC(C)c1nc(N(C)S(C)(=O)=O)nc(-c2ccc(F)cc2)c1C=C[C@@H](O)C[C@@H](O)CC(=O)O.[Ba+2].[Ca+2].[H-].[H-].[H-].[H-]. The van der Waals surface area contributed by atoms with Crippen LogP contribution in [-0.4, -0.2) is 217 Å². The summed E-state index contributed by atoms with van der Waals surface area (Å²) in [5, 5.41) is 57.6. The first-order chi connectivity index (χ1) is 30.6. The van der Waals surface area contributed by atoms with E-state index >= 15 is 0 Å². The Hall–Kier alpha value is -2.95. The second-order valence-electron chi connectivity index (χ2n) is 16.0. The number of hydrogen-bond donors (Lipinski definition) is 6. The number of aliphatic carboxylic acids is 2. The predicted molar refractivity (Wildman–Crippen MR) is 261 cm³/mol. The molecule has 0 saturated heterocycles. The van der Waals surface area contributed by atoms with Crippen molar-refractivity contribution in [2.45, 2.75) is 89.6 Å². The molecular weight excluding hydrogens is 1080 g/mol. The third-order valence-corrected chi connectivity index (χ3v) is 11.9. The minimum atomic E-state index is -3.65. The number of carboxylic acids is 2. The number of carbonyl (C=O) groups is 2. The molecule has 68 heavy (non-hydrogen) atoms. The smallest absolute Gasteiger partial charge is 1.00 e. The predicted octanol–water partition coefficient (Wildman–Crippen LogP) is 4.49. The van der Waals surface area contributed by atoms with E-state index in [0.29, 0.717) is 45.0 Å². The van der Waals surface area contributed by atoms with Gasteiger partial charge in [-0.15, -0.1) is 0 Å². The maximum atomic E-state index is 13.5. The van der Waals surface area contributed by atoms with Gasteiger partial charge in [0.15, 0.2) is 0 Å². The largest absolute Gasteiger partial charge is 2.00 e. The van der Waals surface area contributed by atoms with Gasteiger partial charge in [-0.25, -0.2) is 54.2 Å². The van der Waals surface area contributed by atoms with Crippen molar-refractivity contribution in [3.63, 3.8) is 0 Å². The third-order valence-electron chi connectivity index (χ3n) is 9.63. The fraction of sp³-hybridized carbons (Fsp3) is 0.409. The number of sulfonamides is 2. The van der Waals surface area contributed by atoms with Gasteiger partial charge in [-0.05, 0) is 60.4 Å². The van der Waals surface area contributed by atoms with Gasteiger partial charge >= 0.3 is 98.6 Å². The molecule has 0 radical (unpaired) electrons. The summed E-state index contributed by atoms with van der Waals surface area (Å²) >= 11 is 0. The van der Waals surface area contributed by atoms with Gasteiger partial charge in [0.25, 0.3) is 0 Å². The average molecular weight is 1140 g/mol. The van der Waals surface area contributed by atoms with Crippen LogP contribution in [0.4, 0.5) is 20.7 Å². The summed E-state index contributed by atoms with van der Waals surface area (Å²) in [5.74, 6) is -3.74. The van der Waals surface area contributed by atoms with Crippen LogP contribution < -0.4 is 8.61 Å². The van der Waals surface area contributed by atoms with Gasteiger partial charge in [-0.2, -0.15) is 0 Å². The molecule has 2 aromatic heterocycles. The van der Waals surface area contributed by atoms with Crippen molar-refractivity contribution in [2.75, 3.05) is 35.2 Å². The van der Waals surface area contributed by atoms with E-state index in [1.54, 1.807) is 0 Å². The fourth-order valence-corrected chi connectivity index (χ4v) is 6.85. The monoisotopic (exact) mass is 1140 g/mol. The van der Waals surface area contributed by atoms with Crippen molar-refractivity contribution in [2.24, 2.45) is 0 Å². The number of carboxylic acid groups (broad SMARTS) is 2. The number of anilines is 2. The minimum absolute atomic E-state index is 0. The van der Waals surface area contributed by atoms with E-state index in [2.05, 4.69) is 19.9 Å². The van der Waals surface area contributed by atoms with Gasteiger partial charge in [-0.1, -0.05) is 52.0 Å². The van der Waals surface area contributed by atoms with Crippen LogP contribution in [0.3, 0.4) is 0 Å². The summed E-state index contributed by atoms with van der Waals surface area (Å²) in [4.78, 5) is 39.1. The third kappa shape index (κ3) is 19.7. The molecule has 0 bridgehead atoms. The molecule has 2 heterocycles. The Bertz CT molecular complexity index is 2460. The maximum Gasteiger partial charge on any atom is 2.00 e. The molecule has 2 aromatic carbocycles. The Morgan fingerprint density at radius 1 is 0.618 bits per heavy atom. The normalized spacial score (nSPS) is 13.5. The number of aliphatic hydroxyl groups excluding tert-OH is 4. The summed E-state index contributed by atoms with van der Waals surface area (Å²) in [6.45, 7) is 7.41. The van der Waals surface area contributed by atoms with Gasteiger partial charge in [0.1, 0.15) is 11.6 Å². The standard InChI is InChI=1S/2C22H28FN3O6S.Ba.Ca.4H/c2*1-13(2)20-18(10-9-16(27)11-17(28)12-19(29)30)21(14-5-7-15(23)8-6-14)25-22(24-20)26(3)33(4,31)32;;;;;;/h2*5-10,13,16-17,27-28H,11-12H2,1-4H3,(H,29,30);;;;;;/q;;2*+2;4*-1/t2*16-,17-;;;;;;/m11....../s1. The van der Waals surface area contributed by atoms with E-state index in [0.717, 1.165) is 21.1 Å². The van der Waals surface area contributed by atoms with Gasteiger partial charge < -0.3 is 36.3 Å². The van der Waals surface area contributed by atoms with Crippen LogP contribution in [0.5, 0.6) is 0 Å². The van der Waals surface area contributed by atoms with Crippen molar-refractivity contribution in [3.8, 4) is 22.5 Å². The first-order valence-electron chi connectivity index (χ1n) is 20.3. The molecular formula is C44H60BaCaF2N6O12S2. The molecule has 0 aliphatic heterocycles. The van der Waals surface area contributed by atoms with Crippen molar-refractivity contribution in [1.29, 1.82) is 0 Å². The van der Waals surface area contributed by atoms with Crippen molar-refractivity contribution >= 4 is 143 Å². The molecule has 6 N–H and O–H groups in total. The molecule has 0 amide bonds. The van der Waals surface area contributed by atoms with Crippen LogP contribution >= 0.6 is 0 Å². The summed E-state index contributed by atoms with van der Waals surface area (Å²) in [6, 6.07) is 11.0. The van der Waals surface area contributed by atoms with E-state index in [4.69, 9.17) is 10.2 Å². The van der Waals surface area contributed by atoms with E-state index in [9.17, 15) is 55.6 Å². The van der Waals surface area contributed by atoms with Crippen LogP contribution in [0.1, 0.15) is 93.4 Å². The van der Waals surface area contributed by atoms with E-state index in [1.807, 2.05) is 27.7 Å². The Labute approximate surface area is 471 Å². The fourth-order valence-electron chi connectivity index (χ4n) is 6.09. The number of rotatable bonds is 20. The number of benzene rings is 2. The molecule has 0 spiro atoms. The zero-order chi connectivity index (χ0) is 49.8. The number of aromatic nitrogens is 4. The van der Waals surface area contributed by atoms with Crippen LogP contribution in [0.2, 0.25) is 0 Å². The summed E-state index contributed by atoms with van der Waals surface area (Å²) < 4.78 is 77.2. The molecule has 368 valence electrons. The first kappa shape index (κ1) is 63.1. The number of hydrogen-bond acceptors (Lipinski definition) is 14. The molecule has 24 heteroatoms. The minimum Gasteiger partial charge on any atom is -1.00 e. The molecule has 4 atom stereocenters. The van der Waals surface area contributed by atoms with Gasteiger partial charge in [0.2, 0.25) is 31.9 Å². The van der Waals surface area contributed by atoms with Crippen molar-refractivity contribution < 1.29 is 71.6 Å². The molecule has 0 fully saturated rings. The Morgan fingerprint density at radius 2 is 0.912 bits per heavy atom. The second kappa shape index (κ2) is 28.2. The molecule has 0 aliphatic rings. The van der Waals surface area contributed by atoms with Crippen LogP contribution in [0, 0.1) is 11.6 Å². The quantitative estimate of drug-likeness (QED) is 0.0665. The first-order valence-corrected chi connectivity index (χ1v) is 24.0. The number of halogens is 2. The number of nitrogens with zero attached hydrogens (tertiary/aromatic N) is 6. The molecule has 18 nitrogen and oxygen atoms in total. The summed E-state index contributed by atoms with van der Waals surface area (Å²) in [7, 11) is -4.65. The Morgan fingerprint density at radius 3 is 1.16 bits per heavy atom. The Kier molecular flexibility index (Phi) is 26.1. The Balaban J connectivity index is -0.000000593. The molecule has 0 saturated carbocycles. The molecule has 0 unspecified atom stereocenters. The second-order valence-corrected chi connectivity index (χ2v) is 20.0. The topological polar surface area (TPSA) is 282 Å². The average Bonchev–Trinajstić information content (AvgIpc) is 3.20. The van der Waals surface area contributed by atoms with Crippen LogP contribution in [-0.2, 0) is 29.6 Å². The zero-order valence-corrected chi connectivity index (χ0v) is 47.3. The van der Waals surface area contributed by atoms with E-state index < -0.39 is 80.9 Å². The van der Waals surface area contributed by atoms with Gasteiger partial charge in [0.05, 0.1) is 72.5 Å². The maximum absolute atomic E-state index is 13.5. The molecule has 4 rings (SSSR count). The molecule has 4 aromatic rings. The van der Waals surface area contributed by atoms with Crippen LogP contribution in [0.25, 0.3) is 34.7 Å². The van der Waals surface area contributed by atoms with Gasteiger partial charge in [-0.3, -0.25) is 9.59 Å². The summed E-state index contributed by atoms with van der Waals surface area (Å²) in [5.41, 5.74) is 3.60. The van der Waals surface area contributed by atoms with E-state index in [1.165, 1.54) is 86.9 Å².